The monoisotopic (exact) mass is 454 g/mol. The Morgan fingerprint density at radius 2 is 1.91 bits per heavy atom. The maximum atomic E-state index is 15.0. The topological polar surface area (TPSA) is 41.1 Å². The summed E-state index contributed by atoms with van der Waals surface area (Å²) in [6, 6.07) is 7.60. The third-order valence-electron chi connectivity index (χ3n) is 6.57. The van der Waals surface area contributed by atoms with Crippen LogP contribution in [0.25, 0.3) is 10.9 Å². The minimum atomic E-state index is -3.27. The SMILES string of the molecule is C=C1N(CC)c2cc3nc(C)nc(N[C@H](C)c4cccc(C(C)(F)F)c4F)c3cc2C1(C)C. The van der Waals surface area contributed by atoms with E-state index in [4.69, 9.17) is 0 Å². The molecule has 0 saturated heterocycles. The minimum absolute atomic E-state index is 0.158. The van der Waals surface area contributed by atoms with Gasteiger partial charge in [0.25, 0.3) is 5.92 Å². The predicted octanol–water partition coefficient (Wildman–Crippen LogP) is 6.99. The van der Waals surface area contributed by atoms with Crippen LogP contribution < -0.4 is 10.2 Å². The zero-order valence-electron chi connectivity index (χ0n) is 19.9. The largest absolute Gasteiger partial charge is 0.363 e. The highest BCUT2D eigenvalue weighted by atomic mass is 19.3. The van der Waals surface area contributed by atoms with Crippen molar-refractivity contribution in [3.8, 4) is 0 Å². The first-order chi connectivity index (χ1) is 15.4. The van der Waals surface area contributed by atoms with Gasteiger partial charge in [-0.3, -0.25) is 0 Å². The number of aryl methyl sites for hydroxylation is 1. The quantitative estimate of drug-likeness (QED) is 0.451. The second-order valence-corrected chi connectivity index (χ2v) is 9.29. The third kappa shape index (κ3) is 3.73. The molecular formula is C26H29F3N4. The summed E-state index contributed by atoms with van der Waals surface area (Å²) >= 11 is 0. The van der Waals surface area contributed by atoms with Crippen molar-refractivity contribution in [2.45, 2.75) is 58.9 Å². The van der Waals surface area contributed by atoms with Crippen molar-refractivity contribution in [2.75, 3.05) is 16.8 Å². The zero-order chi connectivity index (χ0) is 24.3. The summed E-state index contributed by atoms with van der Waals surface area (Å²) < 4.78 is 42.6. The number of fused-ring (bicyclic) bond motifs is 2. The van der Waals surface area contributed by atoms with E-state index >= 15 is 0 Å². The van der Waals surface area contributed by atoms with Gasteiger partial charge in [-0.05, 0) is 38.5 Å². The molecule has 0 radical (unpaired) electrons. The van der Waals surface area contributed by atoms with Crippen LogP contribution in [0.5, 0.6) is 0 Å². The number of rotatable bonds is 5. The molecule has 1 aliphatic heterocycles. The Hall–Kier alpha value is -3.09. The van der Waals surface area contributed by atoms with Gasteiger partial charge in [0.1, 0.15) is 17.5 Å². The number of nitrogens with zero attached hydrogens (tertiary/aromatic N) is 3. The molecular weight excluding hydrogens is 425 g/mol. The van der Waals surface area contributed by atoms with E-state index < -0.39 is 23.3 Å². The number of anilines is 2. The van der Waals surface area contributed by atoms with Crippen molar-refractivity contribution >= 4 is 22.4 Å². The fourth-order valence-corrected chi connectivity index (χ4v) is 4.62. The molecule has 0 bridgehead atoms. The van der Waals surface area contributed by atoms with Crippen molar-refractivity contribution in [3.63, 3.8) is 0 Å². The second kappa shape index (κ2) is 7.75. The zero-order valence-corrected chi connectivity index (χ0v) is 19.9. The molecule has 0 aliphatic carbocycles. The number of allylic oxidation sites excluding steroid dienone is 1. The number of hydrogen-bond donors (Lipinski definition) is 1. The van der Waals surface area contributed by atoms with Gasteiger partial charge in [0.15, 0.2) is 0 Å². The van der Waals surface area contributed by atoms with Crippen molar-refractivity contribution in [1.82, 2.24) is 9.97 Å². The number of benzene rings is 2. The van der Waals surface area contributed by atoms with Crippen LogP contribution in [-0.4, -0.2) is 16.5 Å². The van der Waals surface area contributed by atoms with E-state index in [2.05, 4.69) is 53.6 Å². The third-order valence-corrected chi connectivity index (χ3v) is 6.57. The number of hydrogen-bond acceptors (Lipinski definition) is 4. The number of likely N-dealkylation sites (N-methyl/N-ethyl adjacent to an activating group) is 1. The van der Waals surface area contributed by atoms with E-state index in [0.29, 0.717) is 18.6 Å². The van der Waals surface area contributed by atoms with Gasteiger partial charge in [0.05, 0.1) is 17.1 Å². The predicted molar refractivity (Wildman–Crippen MR) is 127 cm³/mol. The van der Waals surface area contributed by atoms with E-state index in [0.717, 1.165) is 40.5 Å². The van der Waals surface area contributed by atoms with E-state index in [9.17, 15) is 13.2 Å². The highest BCUT2D eigenvalue weighted by molar-refractivity contribution is 5.94. The van der Waals surface area contributed by atoms with Gasteiger partial charge in [-0.2, -0.15) is 0 Å². The smallest absolute Gasteiger partial charge is 0.273 e. The number of halogens is 3. The van der Waals surface area contributed by atoms with Gasteiger partial charge >= 0.3 is 0 Å². The Morgan fingerprint density at radius 1 is 1.21 bits per heavy atom. The number of alkyl halides is 2. The Morgan fingerprint density at radius 3 is 2.55 bits per heavy atom. The molecule has 7 heteroatoms. The normalized spacial score (nSPS) is 16.3. The van der Waals surface area contributed by atoms with Crippen LogP contribution in [0.4, 0.5) is 24.7 Å². The van der Waals surface area contributed by atoms with Crippen LogP contribution in [-0.2, 0) is 11.3 Å². The van der Waals surface area contributed by atoms with Gasteiger partial charge in [0, 0.05) is 41.2 Å². The molecule has 174 valence electrons. The van der Waals surface area contributed by atoms with E-state index in [1.54, 1.807) is 13.8 Å². The van der Waals surface area contributed by atoms with Crippen LogP contribution in [0.1, 0.15) is 63.2 Å². The van der Waals surface area contributed by atoms with E-state index in [1.807, 2.05) is 6.07 Å². The molecule has 2 aromatic carbocycles. The van der Waals surface area contributed by atoms with Crippen LogP contribution in [0, 0.1) is 12.7 Å². The summed E-state index contributed by atoms with van der Waals surface area (Å²) in [5.74, 6) is -3.07. The maximum Gasteiger partial charge on any atom is 0.273 e. The Bertz CT molecular complexity index is 1260. The molecule has 0 amide bonds. The molecule has 33 heavy (non-hydrogen) atoms. The average molecular weight is 455 g/mol. The first kappa shape index (κ1) is 23.1. The Balaban J connectivity index is 1.82. The summed E-state index contributed by atoms with van der Waals surface area (Å²) in [6.45, 7) is 15.7. The van der Waals surface area contributed by atoms with Crippen molar-refractivity contribution in [3.05, 3.63) is 70.9 Å². The van der Waals surface area contributed by atoms with Crippen LogP contribution in [0.15, 0.2) is 42.6 Å². The number of nitrogens with one attached hydrogen (secondary N) is 1. The molecule has 0 unspecified atom stereocenters. The molecule has 4 rings (SSSR count). The van der Waals surface area contributed by atoms with Crippen molar-refractivity contribution < 1.29 is 13.2 Å². The molecule has 1 aliphatic rings. The molecule has 2 heterocycles. The Labute approximate surface area is 192 Å². The van der Waals surface area contributed by atoms with Gasteiger partial charge in [-0.15, -0.1) is 0 Å². The summed E-state index contributed by atoms with van der Waals surface area (Å²) in [5, 5.41) is 4.04. The summed E-state index contributed by atoms with van der Waals surface area (Å²) in [4.78, 5) is 11.4. The first-order valence-corrected chi connectivity index (χ1v) is 11.1. The summed E-state index contributed by atoms with van der Waals surface area (Å²) in [7, 11) is 0. The fourth-order valence-electron chi connectivity index (χ4n) is 4.62. The lowest BCUT2D eigenvalue weighted by molar-refractivity contribution is 0.0136. The molecule has 3 aromatic rings. The lowest BCUT2D eigenvalue weighted by Gasteiger charge is -2.24. The molecule has 0 spiro atoms. The molecule has 0 saturated carbocycles. The molecule has 1 atom stereocenters. The highest BCUT2D eigenvalue weighted by Crippen LogP contribution is 2.48. The summed E-state index contributed by atoms with van der Waals surface area (Å²) in [6.07, 6.45) is 0. The van der Waals surface area contributed by atoms with E-state index in [-0.39, 0.29) is 11.0 Å². The lowest BCUT2D eigenvalue weighted by Crippen LogP contribution is -2.24. The van der Waals surface area contributed by atoms with Crippen molar-refractivity contribution in [1.29, 1.82) is 0 Å². The van der Waals surface area contributed by atoms with Gasteiger partial charge < -0.3 is 10.2 Å². The van der Waals surface area contributed by atoms with Crippen LogP contribution in [0.2, 0.25) is 0 Å². The highest BCUT2D eigenvalue weighted by Gasteiger charge is 2.39. The van der Waals surface area contributed by atoms with Gasteiger partial charge in [-0.1, -0.05) is 38.6 Å². The average Bonchev–Trinajstić information content (AvgIpc) is 2.90. The lowest BCUT2D eigenvalue weighted by atomic mass is 9.84. The summed E-state index contributed by atoms with van der Waals surface area (Å²) in [5.41, 5.74) is 3.24. The van der Waals surface area contributed by atoms with Gasteiger partial charge in [0.2, 0.25) is 0 Å². The molecule has 0 fully saturated rings. The second-order valence-electron chi connectivity index (χ2n) is 9.29. The van der Waals surface area contributed by atoms with Crippen LogP contribution in [0.3, 0.4) is 0 Å². The minimum Gasteiger partial charge on any atom is -0.363 e. The maximum absolute atomic E-state index is 15.0. The molecule has 4 nitrogen and oxygen atoms in total. The first-order valence-electron chi connectivity index (χ1n) is 11.1. The van der Waals surface area contributed by atoms with Gasteiger partial charge in [-0.25, -0.2) is 23.1 Å². The number of aromatic nitrogens is 2. The Kier molecular flexibility index (Phi) is 5.42. The fraction of sp³-hybridized carbons (Fsp3) is 0.385. The molecule has 1 N–H and O–H groups in total. The van der Waals surface area contributed by atoms with E-state index in [1.165, 1.54) is 12.1 Å². The standard InChI is InChI=1S/C26H29F3N4/c1-8-33-15(3)25(5,6)20-12-18-21(13-22(20)33)31-16(4)32-24(18)30-14(2)17-10-9-11-19(23(17)27)26(7,28)29/h9-14H,3,8H2,1-2,4-7H3,(H,30,31,32)/t14-/m1/s1. The van der Waals surface area contributed by atoms with Crippen LogP contribution >= 0.6 is 0 Å². The van der Waals surface area contributed by atoms with Crippen molar-refractivity contribution in [2.24, 2.45) is 0 Å². The molecule has 1 aromatic heterocycles.